The zero-order valence-electron chi connectivity index (χ0n) is 22.9. The fourth-order valence-corrected chi connectivity index (χ4v) is 6.13. The normalized spacial score (nSPS) is 17.1. The Balaban J connectivity index is 1.22. The lowest BCUT2D eigenvalue weighted by Crippen LogP contribution is -2.45. The monoisotopic (exact) mass is 563 g/mol. The van der Waals surface area contributed by atoms with Gasteiger partial charge in [-0.15, -0.1) is 0 Å². The molecule has 10 nitrogen and oxygen atoms in total. The number of likely N-dealkylation sites (tertiary alicyclic amines) is 1. The summed E-state index contributed by atoms with van der Waals surface area (Å²) >= 11 is 0. The minimum Gasteiger partial charge on any atom is -0.383 e. The highest BCUT2D eigenvalue weighted by atomic mass is 19.1. The smallest absolute Gasteiger partial charge is 0.281 e. The Morgan fingerprint density at radius 3 is 2.67 bits per heavy atom. The number of aromatic nitrogens is 6. The van der Waals surface area contributed by atoms with Gasteiger partial charge in [-0.1, -0.05) is 12.6 Å². The number of nitrogen functional groups attached to an aromatic ring is 1. The van der Waals surface area contributed by atoms with E-state index in [-0.39, 0.29) is 12.1 Å². The first-order chi connectivity index (χ1) is 20.5. The lowest BCUT2D eigenvalue weighted by atomic mass is 10.0. The highest BCUT2D eigenvalue weighted by Crippen LogP contribution is 2.36. The number of carbonyl (C=O) groups is 1. The van der Waals surface area contributed by atoms with Crippen molar-refractivity contribution in [3.63, 3.8) is 0 Å². The summed E-state index contributed by atoms with van der Waals surface area (Å²) in [5, 5.41) is 8.14. The molecule has 2 aliphatic rings. The maximum absolute atomic E-state index is 13.3. The van der Waals surface area contributed by atoms with Crippen molar-refractivity contribution in [2.24, 2.45) is 0 Å². The van der Waals surface area contributed by atoms with E-state index in [2.05, 4.69) is 40.2 Å². The Morgan fingerprint density at radius 1 is 1.05 bits per heavy atom. The molecule has 5 aromatic rings. The number of halogens is 1. The minimum absolute atomic E-state index is 0.218. The number of hydrogen-bond acceptors (Lipinski definition) is 7. The van der Waals surface area contributed by atoms with Crippen LogP contribution in [0.25, 0.3) is 34.1 Å². The summed E-state index contributed by atoms with van der Waals surface area (Å²) in [7, 11) is 0. The molecule has 0 radical (unpaired) electrons. The van der Waals surface area contributed by atoms with Crippen molar-refractivity contribution < 1.29 is 9.18 Å². The van der Waals surface area contributed by atoms with Gasteiger partial charge in [-0.2, -0.15) is 5.10 Å². The second kappa shape index (κ2) is 10.5. The third kappa shape index (κ3) is 4.61. The molecule has 1 atom stereocenters. The van der Waals surface area contributed by atoms with Crippen molar-refractivity contribution in [3.8, 4) is 22.9 Å². The maximum Gasteiger partial charge on any atom is 0.281 e. The predicted molar refractivity (Wildman–Crippen MR) is 158 cm³/mol. The molecule has 0 bridgehead atoms. The predicted octanol–water partition coefficient (Wildman–Crippen LogP) is 4.30. The van der Waals surface area contributed by atoms with E-state index in [1.165, 1.54) is 11.1 Å². The first-order valence-electron chi connectivity index (χ1n) is 14.1. The minimum atomic E-state index is -0.894. The summed E-state index contributed by atoms with van der Waals surface area (Å²) in [5.74, 6) is 0.266. The van der Waals surface area contributed by atoms with Gasteiger partial charge in [0.2, 0.25) is 0 Å². The number of piperidine rings is 1. The molecule has 4 aromatic heterocycles. The number of nitrogens with zero attached hydrogens (tertiary/aromatic N) is 7. The summed E-state index contributed by atoms with van der Waals surface area (Å²) in [6.45, 7) is 4.20. The number of nitrogens with two attached hydrogens (primary N) is 1. The van der Waals surface area contributed by atoms with E-state index in [4.69, 9.17) is 15.7 Å². The van der Waals surface area contributed by atoms with E-state index in [0.717, 1.165) is 42.5 Å². The average molecular weight is 564 g/mol. The highest BCUT2D eigenvalue weighted by Gasteiger charge is 2.29. The standard InChI is InChI=1S/C31H30FN9O/c1-19(32)31(42)39-16-11-21(12-17-39)36-25-8-5-20-18-22(6-7-23(20)25)41-29(24-4-2-13-34-28(24)33)37-26-9-10-27(38-30(26)41)40-15-3-14-35-40/h2-4,6-7,9-10,13-15,18,21,25,36H,1,5,8,11-12,16-17H2,(H2,33,34)/t25-/m0/s1. The van der Waals surface area contributed by atoms with Gasteiger partial charge in [0, 0.05) is 49.5 Å². The highest BCUT2D eigenvalue weighted by molar-refractivity contribution is 5.90. The molecular formula is C31H30FN9O. The van der Waals surface area contributed by atoms with Gasteiger partial charge in [-0.3, -0.25) is 9.36 Å². The Morgan fingerprint density at radius 2 is 1.90 bits per heavy atom. The Labute approximate surface area is 241 Å². The molecule has 1 aliphatic heterocycles. The molecule has 3 N–H and O–H groups in total. The van der Waals surface area contributed by atoms with Crippen LogP contribution in [-0.2, 0) is 11.2 Å². The third-order valence-corrected chi connectivity index (χ3v) is 8.22. The second-order valence-electron chi connectivity index (χ2n) is 10.8. The molecule has 1 aromatic carbocycles. The van der Waals surface area contributed by atoms with E-state index in [1.54, 1.807) is 22.0 Å². The van der Waals surface area contributed by atoms with Gasteiger partial charge >= 0.3 is 0 Å². The lowest BCUT2D eigenvalue weighted by molar-refractivity contribution is -0.129. The van der Waals surface area contributed by atoms with Crippen LogP contribution in [0, 0.1) is 0 Å². The third-order valence-electron chi connectivity index (χ3n) is 8.22. The molecule has 11 heteroatoms. The van der Waals surface area contributed by atoms with Gasteiger partial charge in [-0.25, -0.2) is 24.0 Å². The van der Waals surface area contributed by atoms with Crippen LogP contribution in [-0.4, -0.2) is 59.2 Å². The Kier molecular flexibility index (Phi) is 6.50. The molecular weight excluding hydrogens is 533 g/mol. The van der Waals surface area contributed by atoms with E-state index < -0.39 is 11.7 Å². The van der Waals surface area contributed by atoms with E-state index >= 15 is 0 Å². The molecule has 212 valence electrons. The number of imidazole rings is 1. The summed E-state index contributed by atoms with van der Waals surface area (Å²) in [6.07, 6.45) is 8.73. The molecule has 0 unspecified atom stereocenters. The summed E-state index contributed by atoms with van der Waals surface area (Å²) in [5.41, 5.74) is 12.0. The molecule has 1 amide bonds. The van der Waals surface area contributed by atoms with Crippen molar-refractivity contribution in [2.75, 3.05) is 18.8 Å². The number of nitrogens with one attached hydrogen (secondary N) is 1. The van der Waals surface area contributed by atoms with Crippen molar-refractivity contribution in [1.29, 1.82) is 0 Å². The van der Waals surface area contributed by atoms with Crippen LogP contribution in [0.5, 0.6) is 0 Å². The largest absolute Gasteiger partial charge is 0.383 e. The van der Waals surface area contributed by atoms with Crippen LogP contribution in [0.4, 0.5) is 10.2 Å². The van der Waals surface area contributed by atoms with E-state index in [1.807, 2.05) is 41.1 Å². The first kappa shape index (κ1) is 26.0. The van der Waals surface area contributed by atoms with E-state index in [9.17, 15) is 9.18 Å². The molecule has 1 saturated heterocycles. The van der Waals surface area contributed by atoms with Gasteiger partial charge in [0.05, 0.1) is 5.56 Å². The number of pyridine rings is 2. The fraction of sp³-hybridized carbons (Fsp3) is 0.258. The molecule has 7 rings (SSSR count). The Hall–Kier alpha value is -4.90. The zero-order chi connectivity index (χ0) is 28.8. The zero-order valence-corrected chi connectivity index (χ0v) is 22.9. The summed E-state index contributed by atoms with van der Waals surface area (Å²) in [6, 6.07) is 16.5. The number of amides is 1. The second-order valence-corrected chi connectivity index (χ2v) is 10.8. The van der Waals surface area contributed by atoms with Crippen LogP contribution in [0.3, 0.4) is 0 Å². The topological polar surface area (TPSA) is 120 Å². The number of carbonyl (C=O) groups excluding carboxylic acids is 1. The Bertz CT molecular complexity index is 1800. The van der Waals surface area contributed by atoms with Gasteiger partial charge in [-0.05, 0) is 79.3 Å². The molecule has 1 fully saturated rings. The van der Waals surface area contributed by atoms with Crippen LogP contribution in [0.1, 0.15) is 36.4 Å². The number of rotatable bonds is 6. The fourth-order valence-electron chi connectivity index (χ4n) is 6.13. The average Bonchev–Trinajstić information content (AvgIpc) is 3.76. The van der Waals surface area contributed by atoms with Crippen molar-refractivity contribution in [2.45, 2.75) is 37.8 Å². The van der Waals surface area contributed by atoms with E-state index in [0.29, 0.717) is 36.2 Å². The number of benzene rings is 1. The molecule has 1 aliphatic carbocycles. The van der Waals surface area contributed by atoms with Gasteiger partial charge in [0.25, 0.3) is 5.91 Å². The van der Waals surface area contributed by atoms with Crippen molar-refractivity contribution in [1.82, 2.24) is 39.5 Å². The van der Waals surface area contributed by atoms with Crippen molar-refractivity contribution in [3.05, 3.63) is 90.7 Å². The molecule has 0 spiro atoms. The number of hydrogen-bond donors (Lipinski definition) is 2. The van der Waals surface area contributed by atoms with Crippen LogP contribution in [0.15, 0.2) is 79.5 Å². The van der Waals surface area contributed by atoms with Crippen LogP contribution >= 0.6 is 0 Å². The maximum atomic E-state index is 13.3. The molecule has 0 saturated carbocycles. The van der Waals surface area contributed by atoms with Gasteiger partial charge in [0.15, 0.2) is 23.1 Å². The SMILES string of the molecule is C=C(F)C(=O)N1CCC(N[C@H]2CCc3cc(-n4c(-c5cccnc5N)nc5ccc(-n6cccn6)nc54)ccc32)CC1. The van der Waals surface area contributed by atoms with Crippen molar-refractivity contribution >= 4 is 22.9 Å². The summed E-state index contributed by atoms with van der Waals surface area (Å²) in [4.78, 5) is 27.7. The van der Waals surface area contributed by atoms with Gasteiger partial charge in [0.1, 0.15) is 11.3 Å². The number of aryl methyl sites for hydroxylation is 1. The van der Waals surface area contributed by atoms with Crippen LogP contribution < -0.4 is 11.1 Å². The quantitative estimate of drug-likeness (QED) is 0.296. The number of fused-ring (bicyclic) bond motifs is 2. The summed E-state index contributed by atoms with van der Waals surface area (Å²) < 4.78 is 17.1. The molecule has 5 heterocycles. The lowest BCUT2D eigenvalue weighted by Gasteiger charge is -2.33. The first-order valence-corrected chi connectivity index (χ1v) is 14.1. The number of anilines is 1. The van der Waals surface area contributed by atoms with Crippen LogP contribution in [0.2, 0.25) is 0 Å². The molecule has 42 heavy (non-hydrogen) atoms. The van der Waals surface area contributed by atoms with Gasteiger partial charge < -0.3 is 16.0 Å².